The Morgan fingerprint density at radius 3 is 3.06 bits per heavy atom. The minimum absolute atomic E-state index is 0.192. The fraction of sp³-hybridized carbons (Fsp3) is 0.385. The van der Waals surface area contributed by atoms with Gasteiger partial charge in [-0.1, -0.05) is 13.3 Å². The maximum Gasteiger partial charge on any atom is 0.319 e. The summed E-state index contributed by atoms with van der Waals surface area (Å²) in [6.07, 6.45) is 2.04. The summed E-state index contributed by atoms with van der Waals surface area (Å²) < 4.78 is 5.37. The van der Waals surface area contributed by atoms with Crippen LogP contribution in [0, 0.1) is 6.92 Å². The number of benzene rings is 1. The minimum atomic E-state index is -0.192. The smallest absolute Gasteiger partial charge is 0.319 e. The third-order valence-electron chi connectivity index (χ3n) is 2.57. The van der Waals surface area contributed by atoms with Crippen LogP contribution < -0.4 is 10.6 Å². The Labute approximate surface area is 106 Å². The minimum Gasteiger partial charge on any atom is -0.441 e. The number of aromatic nitrogens is 1. The first-order chi connectivity index (χ1) is 8.69. The SMILES string of the molecule is CCCCNC(=O)Nc1ccc2oc(C)nc2c1. The number of nitrogens with one attached hydrogen (secondary N) is 2. The van der Waals surface area contributed by atoms with E-state index < -0.39 is 0 Å². The van der Waals surface area contributed by atoms with Gasteiger partial charge in [0.25, 0.3) is 0 Å². The zero-order chi connectivity index (χ0) is 13.0. The van der Waals surface area contributed by atoms with E-state index in [0.717, 1.165) is 23.9 Å². The second-order valence-corrected chi connectivity index (χ2v) is 4.15. The van der Waals surface area contributed by atoms with E-state index in [4.69, 9.17) is 4.42 Å². The second-order valence-electron chi connectivity index (χ2n) is 4.15. The molecule has 0 radical (unpaired) electrons. The van der Waals surface area contributed by atoms with Gasteiger partial charge in [-0.15, -0.1) is 0 Å². The number of hydrogen-bond acceptors (Lipinski definition) is 3. The molecule has 5 nitrogen and oxygen atoms in total. The lowest BCUT2D eigenvalue weighted by Crippen LogP contribution is -2.29. The van der Waals surface area contributed by atoms with Gasteiger partial charge in [-0.2, -0.15) is 0 Å². The lowest BCUT2D eigenvalue weighted by molar-refractivity contribution is 0.252. The molecule has 5 heteroatoms. The molecule has 1 aromatic carbocycles. The van der Waals surface area contributed by atoms with E-state index in [1.807, 2.05) is 0 Å². The van der Waals surface area contributed by atoms with E-state index >= 15 is 0 Å². The van der Waals surface area contributed by atoms with Crippen molar-refractivity contribution in [2.75, 3.05) is 11.9 Å². The lowest BCUT2D eigenvalue weighted by atomic mass is 10.3. The molecule has 0 saturated heterocycles. The van der Waals surface area contributed by atoms with E-state index in [1.165, 1.54) is 0 Å². The number of urea groups is 1. The number of unbranched alkanes of at least 4 members (excludes halogenated alkanes) is 1. The molecule has 0 saturated carbocycles. The van der Waals surface area contributed by atoms with Gasteiger partial charge >= 0.3 is 6.03 Å². The van der Waals surface area contributed by atoms with Crippen LogP contribution in [0.3, 0.4) is 0 Å². The molecule has 2 aromatic rings. The Bertz CT molecular complexity index is 548. The average Bonchev–Trinajstić information content (AvgIpc) is 2.69. The van der Waals surface area contributed by atoms with Crippen molar-refractivity contribution in [1.29, 1.82) is 0 Å². The van der Waals surface area contributed by atoms with Gasteiger partial charge in [0.1, 0.15) is 5.52 Å². The van der Waals surface area contributed by atoms with Crippen molar-refractivity contribution >= 4 is 22.8 Å². The zero-order valence-electron chi connectivity index (χ0n) is 10.6. The first-order valence-electron chi connectivity index (χ1n) is 6.11. The fourth-order valence-corrected chi connectivity index (χ4v) is 1.67. The summed E-state index contributed by atoms with van der Waals surface area (Å²) in [6.45, 7) is 4.57. The van der Waals surface area contributed by atoms with Crippen LogP contribution in [-0.4, -0.2) is 17.6 Å². The van der Waals surface area contributed by atoms with Gasteiger partial charge in [-0.25, -0.2) is 9.78 Å². The van der Waals surface area contributed by atoms with Gasteiger partial charge < -0.3 is 15.1 Å². The highest BCUT2D eigenvalue weighted by molar-refractivity contribution is 5.91. The Hall–Kier alpha value is -2.04. The molecule has 0 aliphatic carbocycles. The van der Waals surface area contributed by atoms with Gasteiger partial charge in [0.2, 0.25) is 0 Å². The topological polar surface area (TPSA) is 67.2 Å². The number of rotatable bonds is 4. The molecule has 0 unspecified atom stereocenters. The number of nitrogens with zero attached hydrogens (tertiary/aromatic N) is 1. The Morgan fingerprint density at radius 2 is 2.28 bits per heavy atom. The van der Waals surface area contributed by atoms with Crippen LogP contribution >= 0.6 is 0 Å². The van der Waals surface area contributed by atoms with Crippen LogP contribution in [0.5, 0.6) is 0 Å². The van der Waals surface area contributed by atoms with Gasteiger partial charge in [0.15, 0.2) is 11.5 Å². The molecule has 0 atom stereocenters. The molecular weight excluding hydrogens is 230 g/mol. The number of amides is 2. The van der Waals surface area contributed by atoms with Crippen LogP contribution in [0.15, 0.2) is 22.6 Å². The van der Waals surface area contributed by atoms with E-state index in [2.05, 4.69) is 22.5 Å². The summed E-state index contributed by atoms with van der Waals surface area (Å²) in [5, 5.41) is 5.56. The number of carbonyl (C=O) groups excluding carboxylic acids is 1. The number of fused-ring (bicyclic) bond motifs is 1. The first-order valence-corrected chi connectivity index (χ1v) is 6.11. The predicted octanol–water partition coefficient (Wildman–Crippen LogP) is 3.06. The van der Waals surface area contributed by atoms with Gasteiger partial charge in [0.05, 0.1) is 0 Å². The summed E-state index contributed by atoms with van der Waals surface area (Å²) in [7, 11) is 0. The molecule has 2 rings (SSSR count). The molecule has 1 aromatic heterocycles. The van der Waals surface area contributed by atoms with Crippen LogP contribution in [0.25, 0.3) is 11.1 Å². The van der Waals surface area contributed by atoms with Crippen LogP contribution in [0.1, 0.15) is 25.7 Å². The molecule has 96 valence electrons. The summed E-state index contributed by atoms with van der Waals surface area (Å²) in [4.78, 5) is 15.8. The molecule has 18 heavy (non-hydrogen) atoms. The zero-order valence-corrected chi connectivity index (χ0v) is 10.6. The summed E-state index contributed by atoms with van der Waals surface area (Å²) >= 11 is 0. The summed E-state index contributed by atoms with van der Waals surface area (Å²) in [5.41, 5.74) is 2.19. The van der Waals surface area contributed by atoms with Crippen molar-refractivity contribution in [3.8, 4) is 0 Å². The van der Waals surface area contributed by atoms with Gasteiger partial charge in [0, 0.05) is 19.2 Å². The number of anilines is 1. The number of oxazole rings is 1. The Balaban J connectivity index is 2.00. The van der Waals surface area contributed by atoms with Gasteiger partial charge in [-0.05, 0) is 24.6 Å². The van der Waals surface area contributed by atoms with Crippen molar-refractivity contribution in [2.45, 2.75) is 26.7 Å². The summed E-state index contributed by atoms with van der Waals surface area (Å²) in [5.74, 6) is 0.620. The molecule has 0 fully saturated rings. The third kappa shape index (κ3) is 3.00. The monoisotopic (exact) mass is 247 g/mol. The highest BCUT2D eigenvalue weighted by atomic mass is 16.3. The van der Waals surface area contributed by atoms with E-state index in [-0.39, 0.29) is 6.03 Å². The standard InChI is InChI=1S/C13H17N3O2/c1-3-4-7-14-13(17)16-10-5-6-12-11(8-10)15-9(2)18-12/h5-6,8H,3-4,7H2,1-2H3,(H2,14,16,17). The average molecular weight is 247 g/mol. The van der Waals surface area contributed by atoms with Crippen molar-refractivity contribution in [3.05, 3.63) is 24.1 Å². The number of aryl methyl sites for hydroxylation is 1. The van der Waals surface area contributed by atoms with Crippen LogP contribution in [0.2, 0.25) is 0 Å². The molecule has 0 aliphatic heterocycles. The van der Waals surface area contributed by atoms with Crippen molar-refractivity contribution in [2.24, 2.45) is 0 Å². The molecule has 0 bridgehead atoms. The first kappa shape index (κ1) is 12.4. The van der Waals surface area contributed by atoms with Gasteiger partial charge in [-0.3, -0.25) is 0 Å². The Morgan fingerprint density at radius 1 is 1.44 bits per heavy atom. The highest BCUT2D eigenvalue weighted by Crippen LogP contribution is 2.19. The molecule has 1 heterocycles. The molecule has 2 amide bonds. The van der Waals surface area contributed by atoms with E-state index in [0.29, 0.717) is 18.1 Å². The molecule has 2 N–H and O–H groups in total. The van der Waals surface area contributed by atoms with Crippen LogP contribution in [-0.2, 0) is 0 Å². The quantitative estimate of drug-likeness (QED) is 0.816. The highest BCUT2D eigenvalue weighted by Gasteiger charge is 2.05. The lowest BCUT2D eigenvalue weighted by Gasteiger charge is -2.06. The van der Waals surface area contributed by atoms with Crippen molar-refractivity contribution in [1.82, 2.24) is 10.3 Å². The number of hydrogen-bond donors (Lipinski definition) is 2. The fourth-order valence-electron chi connectivity index (χ4n) is 1.67. The maximum atomic E-state index is 11.6. The number of carbonyl (C=O) groups is 1. The largest absolute Gasteiger partial charge is 0.441 e. The van der Waals surface area contributed by atoms with E-state index in [1.54, 1.807) is 25.1 Å². The third-order valence-corrected chi connectivity index (χ3v) is 2.57. The summed E-state index contributed by atoms with van der Waals surface area (Å²) in [6, 6.07) is 5.21. The van der Waals surface area contributed by atoms with Crippen molar-refractivity contribution in [3.63, 3.8) is 0 Å². The van der Waals surface area contributed by atoms with Crippen molar-refractivity contribution < 1.29 is 9.21 Å². The predicted molar refractivity (Wildman–Crippen MR) is 70.7 cm³/mol. The van der Waals surface area contributed by atoms with E-state index in [9.17, 15) is 4.79 Å². The maximum absolute atomic E-state index is 11.6. The molecule has 0 spiro atoms. The Kier molecular flexibility index (Phi) is 3.82. The van der Waals surface area contributed by atoms with Crippen LogP contribution in [0.4, 0.5) is 10.5 Å². The second kappa shape index (κ2) is 5.53. The molecule has 0 aliphatic rings. The normalized spacial score (nSPS) is 10.6. The molecular formula is C13H17N3O2.